The van der Waals surface area contributed by atoms with Gasteiger partial charge in [-0.1, -0.05) is 32.4 Å². The minimum atomic E-state index is 0.278. The maximum Gasteiger partial charge on any atom is 0.137 e. The van der Waals surface area contributed by atoms with Crippen molar-refractivity contribution in [2.45, 2.75) is 46.1 Å². The molecule has 0 aliphatic carbocycles. The van der Waals surface area contributed by atoms with E-state index in [-0.39, 0.29) is 12.0 Å². The number of ether oxygens (including phenoxy) is 1. The highest BCUT2D eigenvalue weighted by molar-refractivity contribution is 6.30. The Labute approximate surface area is 120 Å². The first-order valence-electron chi connectivity index (χ1n) is 6.93. The standard InChI is InChI=1S/C14H22ClN3O/c1-5-11-8-18(6-7-19-11)14-10(4)12(15)16-13(17-14)9(2)3/h9,11H,5-8H2,1-4H3. The monoisotopic (exact) mass is 283 g/mol. The van der Waals surface area contributed by atoms with E-state index < -0.39 is 0 Å². The van der Waals surface area contributed by atoms with Crippen LogP contribution in [0.15, 0.2) is 0 Å². The summed E-state index contributed by atoms with van der Waals surface area (Å²) in [5.41, 5.74) is 0.961. The van der Waals surface area contributed by atoms with Crippen LogP contribution < -0.4 is 4.90 Å². The third-order valence-electron chi connectivity index (χ3n) is 3.49. The van der Waals surface area contributed by atoms with Crippen LogP contribution in [0, 0.1) is 6.92 Å². The molecule has 0 spiro atoms. The molecule has 0 saturated carbocycles. The van der Waals surface area contributed by atoms with Crippen LogP contribution in [-0.4, -0.2) is 35.8 Å². The number of hydrogen-bond acceptors (Lipinski definition) is 4. The van der Waals surface area contributed by atoms with E-state index in [1.807, 2.05) is 6.92 Å². The van der Waals surface area contributed by atoms with E-state index in [9.17, 15) is 0 Å². The van der Waals surface area contributed by atoms with Crippen molar-refractivity contribution in [2.24, 2.45) is 0 Å². The predicted octanol–water partition coefficient (Wildman–Crippen LogP) is 3.18. The lowest BCUT2D eigenvalue weighted by molar-refractivity contribution is 0.0381. The van der Waals surface area contributed by atoms with Crippen LogP contribution in [0.5, 0.6) is 0 Å². The zero-order valence-corrected chi connectivity index (χ0v) is 12.9. The third kappa shape index (κ3) is 3.18. The van der Waals surface area contributed by atoms with Gasteiger partial charge >= 0.3 is 0 Å². The molecular formula is C14H22ClN3O. The second-order valence-electron chi connectivity index (χ2n) is 5.32. The predicted molar refractivity (Wildman–Crippen MR) is 78.1 cm³/mol. The Morgan fingerprint density at radius 3 is 2.79 bits per heavy atom. The van der Waals surface area contributed by atoms with Crippen molar-refractivity contribution >= 4 is 17.4 Å². The van der Waals surface area contributed by atoms with Crippen LogP contribution in [-0.2, 0) is 4.74 Å². The molecule has 1 unspecified atom stereocenters. The molecule has 1 fully saturated rings. The van der Waals surface area contributed by atoms with Gasteiger partial charge in [0.05, 0.1) is 12.7 Å². The maximum absolute atomic E-state index is 6.24. The lowest BCUT2D eigenvalue weighted by atomic mass is 10.2. The molecule has 19 heavy (non-hydrogen) atoms. The van der Waals surface area contributed by atoms with Gasteiger partial charge in [-0.05, 0) is 13.3 Å². The van der Waals surface area contributed by atoms with Crippen LogP contribution in [0.4, 0.5) is 5.82 Å². The van der Waals surface area contributed by atoms with Crippen LogP contribution in [0.1, 0.15) is 44.5 Å². The van der Waals surface area contributed by atoms with Gasteiger partial charge < -0.3 is 9.64 Å². The quantitative estimate of drug-likeness (QED) is 0.799. The summed E-state index contributed by atoms with van der Waals surface area (Å²) in [4.78, 5) is 11.3. The molecule has 2 rings (SSSR count). The molecule has 1 aromatic rings. The highest BCUT2D eigenvalue weighted by Crippen LogP contribution is 2.27. The molecule has 0 N–H and O–H groups in total. The second kappa shape index (κ2) is 6.06. The number of hydrogen-bond donors (Lipinski definition) is 0. The highest BCUT2D eigenvalue weighted by atomic mass is 35.5. The van der Waals surface area contributed by atoms with Gasteiger partial charge in [-0.15, -0.1) is 0 Å². The van der Waals surface area contributed by atoms with Crippen molar-refractivity contribution in [3.8, 4) is 0 Å². The Hall–Kier alpha value is -0.870. The van der Waals surface area contributed by atoms with Crippen molar-refractivity contribution < 1.29 is 4.74 Å². The molecule has 1 atom stereocenters. The van der Waals surface area contributed by atoms with E-state index in [0.29, 0.717) is 5.15 Å². The molecule has 1 aromatic heterocycles. The molecule has 2 heterocycles. The number of rotatable bonds is 3. The van der Waals surface area contributed by atoms with Gasteiger partial charge in [0.15, 0.2) is 0 Å². The third-order valence-corrected chi connectivity index (χ3v) is 3.86. The summed E-state index contributed by atoms with van der Waals surface area (Å²) in [5, 5.41) is 0.563. The lowest BCUT2D eigenvalue weighted by Gasteiger charge is -2.34. The number of anilines is 1. The van der Waals surface area contributed by atoms with E-state index in [0.717, 1.165) is 43.3 Å². The molecule has 1 aliphatic heterocycles. The molecule has 106 valence electrons. The lowest BCUT2D eigenvalue weighted by Crippen LogP contribution is -2.43. The fraction of sp³-hybridized carbons (Fsp3) is 0.714. The van der Waals surface area contributed by atoms with E-state index in [1.165, 1.54) is 0 Å². The van der Waals surface area contributed by atoms with Gasteiger partial charge in [0, 0.05) is 24.6 Å². The van der Waals surface area contributed by atoms with E-state index in [4.69, 9.17) is 21.3 Å². The molecular weight excluding hydrogens is 262 g/mol. The minimum absolute atomic E-state index is 0.278. The summed E-state index contributed by atoms with van der Waals surface area (Å²) in [6.45, 7) is 10.8. The largest absolute Gasteiger partial charge is 0.375 e. The van der Waals surface area contributed by atoms with Gasteiger partial charge in [-0.25, -0.2) is 9.97 Å². The molecule has 1 aliphatic rings. The smallest absolute Gasteiger partial charge is 0.137 e. The van der Waals surface area contributed by atoms with Crippen molar-refractivity contribution in [3.05, 3.63) is 16.5 Å². The molecule has 0 radical (unpaired) electrons. The first-order chi connectivity index (χ1) is 9.02. The summed E-state index contributed by atoms with van der Waals surface area (Å²) in [6.07, 6.45) is 1.30. The average Bonchev–Trinajstić information content (AvgIpc) is 2.41. The first kappa shape index (κ1) is 14.5. The summed E-state index contributed by atoms with van der Waals surface area (Å²) in [5.74, 6) is 2.05. The van der Waals surface area contributed by atoms with Crippen molar-refractivity contribution in [3.63, 3.8) is 0 Å². The van der Waals surface area contributed by atoms with Gasteiger partial charge in [-0.2, -0.15) is 0 Å². The molecule has 0 bridgehead atoms. The summed E-state index contributed by atoms with van der Waals surface area (Å²) >= 11 is 6.24. The molecule has 4 nitrogen and oxygen atoms in total. The Balaban J connectivity index is 2.32. The van der Waals surface area contributed by atoms with Crippen molar-refractivity contribution in [1.82, 2.24) is 9.97 Å². The number of aromatic nitrogens is 2. The van der Waals surface area contributed by atoms with Gasteiger partial charge in [0.25, 0.3) is 0 Å². The topological polar surface area (TPSA) is 38.2 Å². The van der Waals surface area contributed by atoms with Crippen LogP contribution in [0.3, 0.4) is 0 Å². The van der Waals surface area contributed by atoms with Crippen LogP contribution in [0.25, 0.3) is 0 Å². The fourth-order valence-electron chi connectivity index (χ4n) is 2.22. The SMILES string of the molecule is CCC1CN(c2nc(C(C)C)nc(Cl)c2C)CCO1. The fourth-order valence-corrected chi connectivity index (χ4v) is 2.39. The maximum atomic E-state index is 6.24. The Kier molecular flexibility index (Phi) is 4.63. The zero-order chi connectivity index (χ0) is 14.0. The van der Waals surface area contributed by atoms with Gasteiger partial charge in [0.2, 0.25) is 0 Å². The summed E-state index contributed by atoms with van der Waals surface area (Å²) in [6, 6.07) is 0. The number of nitrogens with zero attached hydrogens (tertiary/aromatic N) is 3. The first-order valence-corrected chi connectivity index (χ1v) is 7.31. The Morgan fingerprint density at radius 2 is 2.16 bits per heavy atom. The van der Waals surface area contributed by atoms with Gasteiger partial charge in [0.1, 0.15) is 16.8 Å². The molecule has 5 heteroatoms. The second-order valence-corrected chi connectivity index (χ2v) is 5.68. The average molecular weight is 284 g/mol. The zero-order valence-electron chi connectivity index (χ0n) is 12.1. The molecule has 0 amide bonds. The van der Waals surface area contributed by atoms with Gasteiger partial charge in [-0.3, -0.25) is 0 Å². The normalized spacial score (nSPS) is 20.1. The van der Waals surface area contributed by atoms with Crippen molar-refractivity contribution in [1.29, 1.82) is 0 Å². The van der Waals surface area contributed by atoms with E-state index in [1.54, 1.807) is 0 Å². The minimum Gasteiger partial charge on any atom is -0.375 e. The van der Waals surface area contributed by atoms with Crippen molar-refractivity contribution in [2.75, 3.05) is 24.6 Å². The molecule has 0 aromatic carbocycles. The van der Waals surface area contributed by atoms with E-state index >= 15 is 0 Å². The number of morpholine rings is 1. The Morgan fingerprint density at radius 1 is 1.42 bits per heavy atom. The van der Waals surface area contributed by atoms with Crippen LogP contribution >= 0.6 is 11.6 Å². The Bertz CT molecular complexity index is 451. The summed E-state index contributed by atoms with van der Waals surface area (Å²) < 4.78 is 5.71. The van der Waals surface area contributed by atoms with E-state index in [2.05, 4.69) is 30.7 Å². The molecule has 1 saturated heterocycles. The van der Waals surface area contributed by atoms with Crippen LogP contribution in [0.2, 0.25) is 5.15 Å². The highest BCUT2D eigenvalue weighted by Gasteiger charge is 2.23. The number of halogens is 1. The summed E-state index contributed by atoms with van der Waals surface area (Å²) in [7, 11) is 0.